The molecule has 2 aromatic carbocycles. The number of carbonyl (C=O) groups excluding carboxylic acids is 2. The molecule has 0 unspecified atom stereocenters. The van der Waals surface area contributed by atoms with Crippen molar-refractivity contribution in [1.29, 1.82) is 0 Å². The van der Waals surface area contributed by atoms with Gasteiger partial charge in [0, 0.05) is 35.2 Å². The van der Waals surface area contributed by atoms with E-state index >= 15 is 0 Å². The van der Waals surface area contributed by atoms with E-state index in [0.29, 0.717) is 25.9 Å². The van der Waals surface area contributed by atoms with Crippen molar-refractivity contribution in [2.24, 2.45) is 0 Å². The van der Waals surface area contributed by atoms with Crippen LogP contribution in [0, 0.1) is 0 Å². The molecule has 3 rings (SSSR count). The lowest BCUT2D eigenvalue weighted by Crippen LogP contribution is -2.23. The van der Waals surface area contributed by atoms with E-state index < -0.39 is 0 Å². The monoisotopic (exact) mass is 416 g/mol. The van der Waals surface area contributed by atoms with E-state index in [1.165, 1.54) is 0 Å². The zero-order valence-electron chi connectivity index (χ0n) is 14.4. The highest BCUT2D eigenvalue weighted by atomic mass is 79.9. The lowest BCUT2D eigenvalue weighted by molar-refractivity contribution is -0.117. The van der Waals surface area contributed by atoms with E-state index in [0.717, 1.165) is 34.6 Å². The number of amides is 2. The highest BCUT2D eigenvalue weighted by Crippen LogP contribution is 2.23. The van der Waals surface area contributed by atoms with Gasteiger partial charge >= 0.3 is 0 Å². The van der Waals surface area contributed by atoms with Gasteiger partial charge in [0.15, 0.2) is 0 Å². The minimum Gasteiger partial charge on any atom is -0.494 e. The second-order valence-electron chi connectivity index (χ2n) is 6.15. The molecule has 0 aliphatic carbocycles. The molecule has 0 spiro atoms. The quantitative estimate of drug-likeness (QED) is 0.681. The number of anilines is 2. The van der Waals surface area contributed by atoms with Crippen LogP contribution in [0.25, 0.3) is 0 Å². The SMILES string of the molecule is O=C(CCCOc1cccc(Br)c1)Nc1ccc(N2CCCC2=O)cc1. The predicted octanol–water partition coefficient (Wildman–Crippen LogP) is 4.37. The molecule has 1 aliphatic rings. The first-order valence-electron chi connectivity index (χ1n) is 8.70. The Labute approximate surface area is 161 Å². The summed E-state index contributed by atoms with van der Waals surface area (Å²) in [5.41, 5.74) is 1.62. The largest absolute Gasteiger partial charge is 0.494 e. The van der Waals surface area contributed by atoms with Crippen molar-refractivity contribution in [2.45, 2.75) is 25.7 Å². The summed E-state index contributed by atoms with van der Waals surface area (Å²) < 4.78 is 6.59. The molecule has 5 nitrogen and oxygen atoms in total. The normalized spacial score (nSPS) is 13.7. The van der Waals surface area contributed by atoms with Gasteiger partial charge in [-0.15, -0.1) is 0 Å². The molecule has 1 aliphatic heterocycles. The Bertz CT molecular complexity index is 777. The van der Waals surface area contributed by atoms with Gasteiger partial charge in [-0.2, -0.15) is 0 Å². The Balaban J connectivity index is 1.41. The summed E-state index contributed by atoms with van der Waals surface area (Å²) in [6, 6.07) is 15.0. The maximum atomic E-state index is 12.0. The van der Waals surface area contributed by atoms with E-state index in [4.69, 9.17) is 4.74 Å². The van der Waals surface area contributed by atoms with Crippen molar-refractivity contribution in [3.05, 3.63) is 53.0 Å². The van der Waals surface area contributed by atoms with Crippen LogP contribution in [0.3, 0.4) is 0 Å². The second-order valence-corrected chi connectivity index (χ2v) is 7.07. The first-order valence-corrected chi connectivity index (χ1v) is 9.50. The fraction of sp³-hybridized carbons (Fsp3) is 0.300. The minimum absolute atomic E-state index is 0.0483. The topological polar surface area (TPSA) is 58.6 Å². The van der Waals surface area contributed by atoms with Crippen LogP contribution in [0.15, 0.2) is 53.0 Å². The van der Waals surface area contributed by atoms with Crippen LogP contribution in [0.2, 0.25) is 0 Å². The summed E-state index contributed by atoms with van der Waals surface area (Å²) >= 11 is 3.40. The molecule has 1 heterocycles. The van der Waals surface area contributed by atoms with Crippen molar-refractivity contribution in [3.63, 3.8) is 0 Å². The van der Waals surface area contributed by atoms with E-state index in [9.17, 15) is 9.59 Å². The number of carbonyl (C=O) groups is 2. The molecule has 0 radical (unpaired) electrons. The molecule has 2 amide bonds. The Morgan fingerprint density at radius 3 is 2.69 bits per heavy atom. The number of halogens is 1. The molecule has 1 saturated heterocycles. The number of nitrogens with one attached hydrogen (secondary N) is 1. The molecule has 26 heavy (non-hydrogen) atoms. The van der Waals surface area contributed by atoms with Gasteiger partial charge in [0.25, 0.3) is 0 Å². The van der Waals surface area contributed by atoms with Gasteiger partial charge < -0.3 is 15.0 Å². The van der Waals surface area contributed by atoms with Crippen molar-refractivity contribution >= 4 is 39.1 Å². The highest BCUT2D eigenvalue weighted by Gasteiger charge is 2.21. The van der Waals surface area contributed by atoms with Gasteiger partial charge in [0.05, 0.1) is 6.61 Å². The minimum atomic E-state index is -0.0483. The first kappa shape index (κ1) is 18.5. The number of nitrogens with zero attached hydrogens (tertiary/aromatic N) is 1. The van der Waals surface area contributed by atoms with Crippen molar-refractivity contribution in [1.82, 2.24) is 0 Å². The zero-order chi connectivity index (χ0) is 18.4. The van der Waals surface area contributed by atoms with Crippen molar-refractivity contribution in [2.75, 3.05) is 23.4 Å². The molecule has 1 fully saturated rings. The highest BCUT2D eigenvalue weighted by molar-refractivity contribution is 9.10. The number of rotatable bonds is 7. The lowest BCUT2D eigenvalue weighted by Gasteiger charge is -2.16. The fourth-order valence-corrected chi connectivity index (χ4v) is 3.23. The smallest absolute Gasteiger partial charge is 0.227 e. The van der Waals surface area contributed by atoms with Crippen molar-refractivity contribution in [3.8, 4) is 5.75 Å². The summed E-state index contributed by atoms with van der Waals surface area (Å²) in [5.74, 6) is 0.895. The maximum Gasteiger partial charge on any atom is 0.227 e. The van der Waals surface area contributed by atoms with Crippen LogP contribution >= 0.6 is 15.9 Å². The Hall–Kier alpha value is -2.34. The van der Waals surface area contributed by atoms with Gasteiger partial charge in [-0.25, -0.2) is 0 Å². The molecule has 6 heteroatoms. The summed E-state index contributed by atoms with van der Waals surface area (Å²) in [7, 11) is 0. The predicted molar refractivity (Wildman–Crippen MR) is 106 cm³/mol. The van der Waals surface area contributed by atoms with Gasteiger partial charge in [-0.05, 0) is 55.3 Å². The molecule has 0 bridgehead atoms. The molecular weight excluding hydrogens is 396 g/mol. The Kier molecular flexibility index (Phi) is 6.28. The average Bonchev–Trinajstić information content (AvgIpc) is 3.05. The Morgan fingerprint density at radius 1 is 1.19 bits per heavy atom. The van der Waals surface area contributed by atoms with Crippen LogP contribution in [0.5, 0.6) is 5.75 Å². The number of hydrogen-bond acceptors (Lipinski definition) is 3. The number of hydrogen-bond donors (Lipinski definition) is 1. The van der Waals surface area contributed by atoms with E-state index in [1.54, 1.807) is 4.90 Å². The molecule has 2 aromatic rings. The van der Waals surface area contributed by atoms with Gasteiger partial charge in [0.1, 0.15) is 5.75 Å². The third-order valence-corrected chi connectivity index (χ3v) is 4.64. The average molecular weight is 417 g/mol. The summed E-state index contributed by atoms with van der Waals surface area (Å²) in [6.07, 6.45) is 2.54. The maximum absolute atomic E-state index is 12.0. The van der Waals surface area contributed by atoms with E-state index in [-0.39, 0.29) is 11.8 Å². The van der Waals surface area contributed by atoms with Crippen LogP contribution in [-0.2, 0) is 9.59 Å². The van der Waals surface area contributed by atoms with Gasteiger partial charge in [-0.1, -0.05) is 22.0 Å². The van der Waals surface area contributed by atoms with Crippen molar-refractivity contribution < 1.29 is 14.3 Å². The molecular formula is C20H21BrN2O3. The molecule has 1 N–H and O–H groups in total. The van der Waals surface area contributed by atoms with E-state index in [1.807, 2.05) is 48.5 Å². The lowest BCUT2D eigenvalue weighted by atomic mass is 10.2. The summed E-state index contributed by atoms with van der Waals surface area (Å²) in [6.45, 7) is 1.25. The standard InChI is InChI=1S/C20H21BrN2O3/c21-15-4-1-5-18(14-15)26-13-3-6-19(24)22-16-8-10-17(11-9-16)23-12-2-7-20(23)25/h1,4-5,8-11,14H,2-3,6-7,12-13H2,(H,22,24). The molecule has 0 aromatic heterocycles. The summed E-state index contributed by atoms with van der Waals surface area (Å²) in [4.78, 5) is 25.6. The number of benzene rings is 2. The zero-order valence-corrected chi connectivity index (χ0v) is 16.0. The van der Waals surface area contributed by atoms with Crippen LogP contribution in [-0.4, -0.2) is 25.0 Å². The van der Waals surface area contributed by atoms with E-state index in [2.05, 4.69) is 21.2 Å². The van der Waals surface area contributed by atoms with Gasteiger partial charge in [-0.3, -0.25) is 9.59 Å². The third kappa shape index (κ3) is 5.08. The number of ether oxygens (including phenoxy) is 1. The first-order chi connectivity index (χ1) is 12.6. The van der Waals surface area contributed by atoms with Crippen LogP contribution in [0.1, 0.15) is 25.7 Å². The van der Waals surface area contributed by atoms with Crippen LogP contribution < -0.4 is 15.0 Å². The summed E-state index contributed by atoms with van der Waals surface area (Å²) in [5, 5.41) is 2.87. The fourth-order valence-electron chi connectivity index (χ4n) is 2.85. The van der Waals surface area contributed by atoms with Gasteiger partial charge in [0.2, 0.25) is 11.8 Å². The second kappa shape index (κ2) is 8.85. The molecule has 136 valence electrons. The Morgan fingerprint density at radius 2 is 2.00 bits per heavy atom. The van der Waals surface area contributed by atoms with Crippen LogP contribution in [0.4, 0.5) is 11.4 Å². The third-order valence-electron chi connectivity index (χ3n) is 4.15. The molecule has 0 atom stereocenters. The molecule has 0 saturated carbocycles.